The van der Waals surface area contributed by atoms with Gasteiger partial charge in [-0.1, -0.05) is 26.0 Å². The van der Waals surface area contributed by atoms with Crippen molar-refractivity contribution in [2.24, 2.45) is 5.73 Å². The van der Waals surface area contributed by atoms with E-state index in [1.807, 2.05) is 19.1 Å². The molecule has 0 aliphatic heterocycles. The monoisotopic (exact) mass is 316 g/mol. The van der Waals surface area contributed by atoms with Crippen LogP contribution in [0.3, 0.4) is 0 Å². The number of amides is 1. The normalized spacial score (nSPS) is 11.0. The van der Waals surface area contributed by atoms with E-state index in [4.69, 9.17) is 5.73 Å². The van der Waals surface area contributed by atoms with E-state index in [-0.39, 0.29) is 12.3 Å². The van der Waals surface area contributed by atoms with Gasteiger partial charge in [0.15, 0.2) is 5.82 Å². The van der Waals surface area contributed by atoms with Crippen molar-refractivity contribution in [3.05, 3.63) is 35.2 Å². The summed E-state index contributed by atoms with van der Waals surface area (Å²) in [6, 6.07) is 6.15. The van der Waals surface area contributed by atoms with Crippen LogP contribution in [0.1, 0.15) is 43.6 Å². The van der Waals surface area contributed by atoms with Gasteiger partial charge < -0.3 is 11.1 Å². The molecule has 0 spiro atoms. The number of tetrazole rings is 1. The quantitative estimate of drug-likeness (QED) is 0.806. The topological polar surface area (TPSA) is 98.7 Å². The number of hydrogen-bond acceptors (Lipinski definition) is 5. The molecular formula is C16H24N6O. The van der Waals surface area contributed by atoms with Gasteiger partial charge in [0.2, 0.25) is 5.91 Å². The van der Waals surface area contributed by atoms with E-state index < -0.39 is 0 Å². The van der Waals surface area contributed by atoms with Gasteiger partial charge in [0, 0.05) is 12.2 Å². The molecule has 7 nitrogen and oxygen atoms in total. The van der Waals surface area contributed by atoms with Gasteiger partial charge in [0.05, 0.1) is 6.42 Å². The lowest BCUT2D eigenvalue weighted by Crippen LogP contribution is -2.19. The predicted molar refractivity (Wildman–Crippen MR) is 89.1 cm³/mol. The van der Waals surface area contributed by atoms with Crippen LogP contribution in [0.4, 0.5) is 5.69 Å². The fraction of sp³-hybridized carbons (Fsp3) is 0.500. The highest BCUT2D eigenvalue weighted by molar-refractivity contribution is 5.92. The summed E-state index contributed by atoms with van der Waals surface area (Å²) in [7, 11) is 0. The number of benzene rings is 1. The molecule has 0 aliphatic carbocycles. The maximum atomic E-state index is 12.3. The van der Waals surface area contributed by atoms with E-state index in [2.05, 4.69) is 40.8 Å². The lowest BCUT2D eigenvalue weighted by molar-refractivity contribution is -0.115. The number of aromatic nitrogens is 4. The van der Waals surface area contributed by atoms with E-state index in [1.54, 1.807) is 4.68 Å². The minimum Gasteiger partial charge on any atom is -0.330 e. The first-order valence-corrected chi connectivity index (χ1v) is 7.92. The van der Waals surface area contributed by atoms with Gasteiger partial charge >= 0.3 is 0 Å². The summed E-state index contributed by atoms with van der Waals surface area (Å²) in [4.78, 5) is 12.3. The van der Waals surface area contributed by atoms with Crippen molar-refractivity contribution in [1.29, 1.82) is 0 Å². The molecule has 1 aromatic carbocycles. The largest absolute Gasteiger partial charge is 0.330 e. The molecule has 23 heavy (non-hydrogen) atoms. The Morgan fingerprint density at radius 1 is 1.39 bits per heavy atom. The van der Waals surface area contributed by atoms with Crippen molar-refractivity contribution in [1.82, 2.24) is 20.2 Å². The van der Waals surface area contributed by atoms with E-state index in [0.29, 0.717) is 24.8 Å². The molecule has 0 atom stereocenters. The average molecular weight is 316 g/mol. The minimum absolute atomic E-state index is 0.131. The third-order valence-electron chi connectivity index (χ3n) is 3.71. The maximum absolute atomic E-state index is 12.3. The SMILES string of the molecule is CCn1nnnc1CC(=O)Nc1cc(C(C)C)ccc1CCN. The Morgan fingerprint density at radius 2 is 2.17 bits per heavy atom. The lowest BCUT2D eigenvalue weighted by atomic mass is 9.99. The number of nitrogens with zero attached hydrogens (tertiary/aromatic N) is 4. The van der Waals surface area contributed by atoms with E-state index in [9.17, 15) is 4.79 Å². The van der Waals surface area contributed by atoms with Gasteiger partial charge in [-0.15, -0.1) is 5.10 Å². The third-order valence-corrected chi connectivity index (χ3v) is 3.71. The highest BCUT2D eigenvalue weighted by atomic mass is 16.1. The first-order chi connectivity index (χ1) is 11.0. The van der Waals surface area contributed by atoms with E-state index in [0.717, 1.165) is 17.7 Å². The summed E-state index contributed by atoms with van der Waals surface area (Å²) in [6.07, 6.45) is 0.871. The summed E-state index contributed by atoms with van der Waals surface area (Å²) in [5, 5.41) is 14.3. The number of nitrogens with one attached hydrogen (secondary N) is 1. The predicted octanol–water partition coefficient (Wildman–Crippen LogP) is 1.50. The summed E-state index contributed by atoms with van der Waals surface area (Å²) < 4.78 is 1.62. The third kappa shape index (κ3) is 4.35. The van der Waals surface area contributed by atoms with Crippen molar-refractivity contribution >= 4 is 11.6 Å². The van der Waals surface area contributed by atoms with Crippen LogP contribution in [0, 0.1) is 0 Å². The number of carbonyl (C=O) groups is 1. The molecule has 2 aromatic rings. The Hall–Kier alpha value is -2.28. The average Bonchev–Trinajstić information content (AvgIpc) is 2.96. The van der Waals surface area contributed by atoms with Crippen LogP contribution in [-0.4, -0.2) is 32.7 Å². The van der Waals surface area contributed by atoms with Crippen LogP contribution in [-0.2, 0) is 24.2 Å². The Balaban J connectivity index is 2.16. The summed E-state index contributed by atoms with van der Waals surface area (Å²) in [5.74, 6) is 0.823. The molecule has 3 N–H and O–H groups in total. The van der Waals surface area contributed by atoms with Gasteiger partial charge in [-0.3, -0.25) is 4.79 Å². The zero-order chi connectivity index (χ0) is 16.8. The Labute approximate surface area is 136 Å². The molecule has 0 radical (unpaired) electrons. The molecule has 0 saturated carbocycles. The molecule has 0 unspecified atom stereocenters. The van der Waals surface area contributed by atoms with Gasteiger partial charge in [-0.05, 0) is 53.4 Å². The van der Waals surface area contributed by atoms with Crippen LogP contribution in [0.5, 0.6) is 0 Å². The molecule has 1 amide bonds. The molecule has 124 valence electrons. The fourth-order valence-electron chi connectivity index (χ4n) is 2.38. The Bertz CT molecular complexity index is 664. The molecule has 0 saturated heterocycles. The van der Waals surface area contributed by atoms with E-state index in [1.165, 1.54) is 5.56 Å². The standard InChI is InChI=1S/C16H24N6O/c1-4-22-15(19-20-21-22)10-16(23)18-14-9-13(11(2)3)6-5-12(14)7-8-17/h5-6,9,11H,4,7-8,10,17H2,1-3H3,(H,18,23). The zero-order valence-electron chi connectivity index (χ0n) is 13.9. The molecule has 0 aliphatic rings. The van der Waals surface area contributed by atoms with Gasteiger partial charge in [-0.25, -0.2) is 4.68 Å². The molecule has 1 aromatic heterocycles. The number of aryl methyl sites for hydroxylation is 1. The van der Waals surface area contributed by atoms with Crippen molar-refractivity contribution in [3.8, 4) is 0 Å². The van der Waals surface area contributed by atoms with E-state index >= 15 is 0 Å². The number of nitrogens with two attached hydrogens (primary N) is 1. The number of carbonyl (C=O) groups excluding carboxylic acids is 1. The number of hydrogen-bond donors (Lipinski definition) is 2. The second-order valence-electron chi connectivity index (χ2n) is 5.75. The molecule has 0 bridgehead atoms. The highest BCUT2D eigenvalue weighted by Crippen LogP contribution is 2.23. The van der Waals surface area contributed by atoms with Crippen molar-refractivity contribution in [2.45, 2.75) is 46.1 Å². The molecular weight excluding hydrogens is 292 g/mol. The second-order valence-corrected chi connectivity index (χ2v) is 5.75. The molecule has 0 fully saturated rings. The van der Waals surface area contributed by atoms with Gasteiger partial charge in [0.25, 0.3) is 0 Å². The number of rotatable bonds is 7. The number of anilines is 1. The van der Waals surface area contributed by atoms with Crippen LogP contribution >= 0.6 is 0 Å². The second kappa shape index (κ2) is 7.82. The molecule has 7 heteroatoms. The smallest absolute Gasteiger partial charge is 0.232 e. The zero-order valence-corrected chi connectivity index (χ0v) is 13.9. The van der Waals surface area contributed by atoms with Gasteiger partial charge in [0.1, 0.15) is 0 Å². The van der Waals surface area contributed by atoms with Crippen LogP contribution in [0.2, 0.25) is 0 Å². The van der Waals surface area contributed by atoms with Crippen molar-refractivity contribution in [2.75, 3.05) is 11.9 Å². The summed E-state index contributed by atoms with van der Waals surface area (Å²) >= 11 is 0. The first-order valence-electron chi connectivity index (χ1n) is 7.92. The molecule has 2 rings (SSSR count). The Kier molecular flexibility index (Phi) is 5.81. The fourth-order valence-corrected chi connectivity index (χ4v) is 2.38. The van der Waals surface area contributed by atoms with Crippen molar-refractivity contribution in [3.63, 3.8) is 0 Å². The van der Waals surface area contributed by atoms with Gasteiger partial charge in [-0.2, -0.15) is 0 Å². The van der Waals surface area contributed by atoms with Crippen molar-refractivity contribution < 1.29 is 4.79 Å². The Morgan fingerprint density at radius 3 is 2.83 bits per heavy atom. The molecule has 1 heterocycles. The minimum atomic E-state index is -0.131. The summed E-state index contributed by atoms with van der Waals surface area (Å²) in [6.45, 7) is 7.36. The van der Waals surface area contributed by atoms with Crippen LogP contribution < -0.4 is 11.1 Å². The van der Waals surface area contributed by atoms with Crippen LogP contribution in [0.15, 0.2) is 18.2 Å². The maximum Gasteiger partial charge on any atom is 0.232 e. The van der Waals surface area contributed by atoms with Crippen LogP contribution in [0.25, 0.3) is 0 Å². The summed E-state index contributed by atoms with van der Waals surface area (Å²) in [5.41, 5.74) is 8.71. The first kappa shape index (κ1) is 17.1. The lowest BCUT2D eigenvalue weighted by Gasteiger charge is -2.14. The highest BCUT2D eigenvalue weighted by Gasteiger charge is 2.13.